The Hall–Kier alpha value is -1.36. The lowest BCUT2D eigenvalue weighted by molar-refractivity contribution is -0.131. The van der Waals surface area contributed by atoms with E-state index in [0.717, 1.165) is 6.08 Å². The second-order valence-corrected chi connectivity index (χ2v) is 2.42. The summed E-state index contributed by atoms with van der Waals surface area (Å²) in [7, 11) is 0. The van der Waals surface area contributed by atoms with Gasteiger partial charge in [0.15, 0.2) is 0 Å². The van der Waals surface area contributed by atoms with Crippen molar-refractivity contribution in [3.8, 4) is 0 Å². The molecule has 0 aliphatic rings. The standard InChI is InChI=1S/C5H8ClNO2.C3H4O2/c1-4(8)3-7-5(9)2-6;1-2-3(4)5/h2-3H2,1H3,(H,7,9);2H,1H2,(H,4,5). The van der Waals surface area contributed by atoms with Gasteiger partial charge in [0.25, 0.3) is 0 Å². The molecule has 0 saturated heterocycles. The Balaban J connectivity index is 0. The van der Waals surface area contributed by atoms with Gasteiger partial charge < -0.3 is 10.4 Å². The molecule has 0 fully saturated rings. The highest BCUT2D eigenvalue weighted by Crippen LogP contribution is 1.73. The molecule has 80 valence electrons. The molecule has 14 heavy (non-hydrogen) atoms. The largest absolute Gasteiger partial charge is 0.478 e. The van der Waals surface area contributed by atoms with Crippen molar-refractivity contribution in [3.63, 3.8) is 0 Å². The average Bonchev–Trinajstić information content (AvgIpc) is 2.14. The van der Waals surface area contributed by atoms with Gasteiger partial charge in [0.2, 0.25) is 5.91 Å². The second kappa shape index (κ2) is 9.73. The normalized spacial score (nSPS) is 7.86. The highest BCUT2D eigenvalue weighted by atomic mass is 35.5. The van der Waals surface area contributed by atoms with Gasteiger partial charge in [-0.2, -0.15) is 0 Å². The lowest BCUT2D eigenvalue weighted by atomic mass is 10.4. The number of halogens is 1. The number of nitrogens with one attached hydrogen (secondary N) is 1. The molecule has 1 amide bonds. The summed E-state index contributed by atoms with van der Waals surface area (Å²) in [6.07, 6.45) is 0.833. The Bertz CT molecular complexity index is 227. The second-order valence-electron chi connectivity index (χ2n) is 2.15. The van der Waals surface area contributed by atoms with Crippen molar-refractivity contribution in [1.82, 2.24) is 5.32 Å². The predicted molar refractivity (Wildman–Crippen MR) is 52.2 cm³/mol. The fourth-order valence-electron chi connectivity index (χ4n) is 0.270. The van der Waals surface area contributed by atoms with Gasteiger partial charge in [-0.15, -0.1) is 11.6 Å². The van der Waals surface area contributed by atoms with Gasteiger partial charge in [-0.25, -0.2) is 4.79 Å². The molecule has 0 rings (SSSR count). The molecule has 0 radical (unpaired) electrons. The van der Waals surface area contributed by atoms with E-state index in [1.54, 1.807) is 0 Å². The summed E-state index contributed by atoms with van der Waals surface area (Å²) < 4.78 is 0. The number of rotatable bonds is 4. The number of carboxylic acid groups (broad SMARTS) is 1. The number of hydrogen-bond donors (Lipinski definition) is 2. The highest BCUT2D eigenvalue weighted by molar-refractivity contribution is 6.27. The summed E-state index contributed by atoms with van der Waals surface area (Å²) in [6.45, 7) is 4.43. The smallest absolute Gasteiger partial charge is 0.327 e. The number of Topliss-reactive ketones (excluding diaryl/α,β-unsaturated/α-hetero) is 1. The van der Waals surface area contributed by atoms with Crippen molar-refractivity contribution in [2.75, 3.05) is 12.4 Å². The lowest BCUT2D eigenvalue weighted by Gasteiger charge is -1.95. The third kappa shape index (κ3) is 16.9. The topological polar surface area (TPSA) is 83.5 Å². The summed E-state index contributed by atoms with van der Waals surface area (Å²) in [4.78, 5) is 29.8. The van der Waals surface area contributed by atoms with E-state index in [9.17, 15) is 14.4 Å². The Labute approximate surface area is 86.7 Å². The van der Waals surface area contributed by atoms with Crippen molar-refractivity contribution < 1.29 is 19.5 Å². The number of carboxylic acids is 1. The van der Waals surface area contributed by atoms with Gasteiger partial charge in [0.1, 0.15) is 11.7 Å². The van der Waals surface area contributed by atoms with Crippen LogP contribution in [0.3, 0.4) is 0 Å². The first-order chi connectivity index (χ1) is 6.43. The lowest BCUT2D eigenvalue weighted by Crippen LogP contribution is -2.28. The van der Waals surface area contributed by atoms with Crippen LogP contribution in [0.25, 0.3) is 0 Å². The minimum atomic E-state index is -0.981. The molecule has 0 aliphatic heterocycles. The van der Waals surface area contributed by atoms with E-state index in [2.05, 4.69) is 11.9 Å². The van der Waals surface area contributed by atoms with Gasteiger partial charge in [-0.3, -0.25) is 9.59 Å². The SMILES string of the molecule is C=CC(=O)O.CC(=O)CNC(=O)CCl. The van der Waals surface area contributed by atoms with Crippen LogP contribution < -0.4 is 5.32 Å². The van der Waals surface area contributed by atoms with E-state index >= 15 is 0 Å². The molecule has 0 heterocycles. The number of carbonyl (C=O) groups is 3. The Morgan fingerprint density at radius 2 is 1.93 bits per heavy atom. The summed E-state index contributed by atoms with van der Waals surface area (Å²) in [5.41, 5.74) is 0. The zero-order chi connectivity index (χ0) is 11.6. The Kier molecular flexibility index (Phi) is 10.5. The molecular formula is C8H12ClNO4. The molecule has 0 aliphatic carbocycles. The number of ketones is 1. The minimum absolute atomic E-state index is 0.0750. The van der Waals surface area contributed by atoms with E-state index in [4.69, 9.17) is 16.7 Å². The molecule has 0 aromatic carbocycles. The summed E-state index contributed by atoms with van der Waals surface area (Å²) >= 11 is 5.11. The van der Waals surface area contributed by atoms with Crippen LogP contribution in [-0.2, 0) is 14.4 Å². The van der Waals surface area contributed by atoms with Gasteiger partial charge in [-0.05, 0) is 6.92 Å². The first-order valence-corrected chi connectivity index (χ1v) is 4.15. The van der Waals surface area contributed by atoms with Crippen molar-refractivity contribution in [3.05, 3.63) is 12.7 Å². The van der Waals surface area contributed by atoms with Gasteiger partial charge >= 0.3 is 5.97 Å². The predicted octanol–water partition coefficient (Wildman–Crippen LogP) is 0.187. The Morgan fingerprint density at radius 1 is 1.50 bits per heavy atom. The molecule has 0 atom stereocenters. The first kappa shape index (κ1) is 15.1. The molecular weight excluding hydrogens is 210 g/mol. The molecule has 0 saturated carbocycles. The van der Waals surface area contributed by atoms with Crippen molar-refractivity contribution in [2.45, 2.75) is 6.92 Å². The molecule has 2 N–H and O–H groups in total. The monoisotopic (exact) mass is 221 g/mol. The number of amides is 1. The van der Waals surface area contributed by atoms with Crippen LogP contribution in [0.5, 0.6) is 0 Å². The minimum Gasteiger partial charge on any atom is -0.478 e. The van der Waals surface area contributed by atoms with Crippen LogP contribution in [0.2, 0.25) is 0 Å². The maximum absolute atomic E-state index is 10.3. The highest BCUT2D eigenvalue weighted by Gasteiger charge is 1.97. The van der Waals surface area contributed by atoms with E-state index in [0.29, 0.717) is 0 Å². The van der Waals surface area contributed by atoms with E-state index in [1.807, 2.05) is 0 Å². The van der Waals surface area contributed by atoms with E-state index in [1.165, 1.54) is 6.92 Å². The fraction of sp³-hybridized carbons (Fsp3) is 0.375. The van der Waals surface area contributed by atoms with E-state index in [-0.39, 0.29) is 24.1 Å². The average molecular weight is 222 g/mol. The molecule has 0 bridgehead atoms. The maximum atomic E-state index is 10.3. The van der Waals surface area contributed by atoms with Crippen LogP contribution >= 0.6 is 11.6 Å². The molecule has 0 aromatic heterocycles. The zero-order valence-electron chi connectivity index (χ0n) is 7.75. The summed E-state index contributed by atoms with van der Waals surface area (Å²) in [6, 6.07) is 0. The number of hydrogen-bond acceptors (Lipinski definition) is 3. The third-order valence-electron chi connectivity index (χ3n) is 0.830. The zero-order valence-corrected chi connectivity index (χ0v) is 8.50. The van der Waals surface area contributed by atoms with Crippen molar-refractivity contribution in [2.24, 2.45) is 0 Å². The van der Waals surface area contributed by atoms with Crippen molar-refractivity contribution >= 4 is 29.3 Å². The summed E-state index contributed by atoms with van der Waals surface area (Å²) in [5, 5.41) is 9.92. The number of carbonyl (C=O) groups excluding carboxylic acids is 2. The van der Waals surface area contributed by atoms with Crippen LogP contribution in [0.15, 0.2) is 12.7 Å². The fourth-order valence-corrected chi connectivity index (χ4v) is 0.365. The van der Waals surface area contributed by atoms with Crippen LogP contribution in [0.1, 0.15) is 6.92 Å². The Morgan fingerprint density at radius 3 is 2.14 bits per heavy atom. The van der Waals surface area contributed by atoms with Gasteiger partial charge in [-0.1, -0.05) is 6.58 Å². The maximum Gasteiger partial charge on any atom is 0.327 e. The summed E-state index contributed by atoms with van der Waals surface area (Å²) in [5.74, 6) is -1.46. The quantitative estimate of drug-likeness (QED) is 0.524. The first-order valence-electron chi connectivity index (χ1n) is 3.61. The number of aliphatic carboxylic acids is 1. The molecule has 0 spiro atoms. The number of alkyl halides is 1. The van der Waals surface area contributed by atoms with E-state index < -0.39 is 5.97 Å². The van der Waals surface area contributed by atoms with Crippen LogP contribution in [0.4, 0.5) is 0 Å². The van der Waals surface area contributed by atoms with Gasteiger partial charge in [0.05, 0.1) is 6.54 Å². The van der Waals surface area contributed by atoms with Crippen LogP contribution in [-0.4, -0.2) is 35.2 Å². The molecule has 5 nitrogen and oxygen atoms in total. The van der Waals surface area contributed by atoms with Gasteiger partial charge in [0, 0.05) is 6.08 Å². The van der Waals surface area contributed by atoms with Crippen LogP contribution in [0, 0.1) is 0 Å². The molecule has 0 unspecified atom stereocenters. The van der Waals surface area contributed by atoms with Crippen molar-refractivity contribution in [1.29, 1.82) is 0 Å². The molecule has 6 heteroatoms. The third-order valence-corrected chi connectivity index (χ3v) is 1.07. The molecule has 0 aromatic rings.